The maximum atomic E-state index is 12.4. The summed E-state index contributed by atoms with van der Waals surface area (Å²) in [5.74, 6) is 1.06. The second kappa shape index (κ2) is 6.70. The standard InChI is InChI=1S/C15H18ClN3O3/c1-9(11-7-10(21-3)5-6-13(11)22-4)18-15(20)14-12(16)8-17-19(14)2/h5-9H,1-4H3,(H,18,20). The Balaban J connectivity index is 2.25. The fourth-order valence-corrected chi connectivity index (χ4v) is 2.44. The molecule has 1 aromatic carbocycles. The first-order valence-corrected chi connectivity index (χ1v) is 7.06. The number of aryl methyl sites for hydroxylation is 1. The first kappa shape index (κ1) is 16.2. The minimum atomic E-state index is -0.303. The molecule has 1 amide bonds. The molecule has 1 aromatic heterocycles. The van der Waals surface area contributed by atoms with E-state index in [0.717, 1.165) is 5.56 Å². The number of hydrogen-bond donors (Lipinski definition) is 1. The molecule has 0 aliphatic carbocycles. The maximum absolute atomic E-state index is 12.4. The first-order valence-electron chi connectivity index (χ1n) is 6.68. The van der Waals surface area contributed by atoms with Crippen molar-refractivity contribution in [3.8, 4) is 11.5 Å². The Hall–Kier alpha value is -2.21. The average molecular weight is 324 g/mol. The van der Waals surface area contributed by atoms with E-state index in [4.69, 9.17) is 21.1 Å². The minimum absolute atomic E-state index is 0.288. The van der Waals surface area contributed by atoms with Crippen molar-refractivity contribution in [2.75, 3.05) is 14.2 Å². The summed E-state index contributed by atoms with van der Waals surface area (Å²) in [6.45, 7) is 1.86. The summed E-state index contributed by atoms with van der Waals surface area (Å²) >= 11 is 5.99. The molecular formula is C15H18ClN3O3. The monoisotopic (exact) mass is 323 g/mol. The number of methoxy groups -OCH3 is 2. The number of nitrogens with one attached hydrogen (secondary N) is 1. The predicted octanol–water partition coefficient (Wildman–Crippen LogP) is 2.58. The number of amides is 1. The van der Waals surface area contributed by atoms with Gasteiger partial charge in [-0.1, -0.05) is 11.6 Å². The molecule has 2 rings (SSSR count). The van der Waals surface area contributed by atoms with E-state index in [-0.39, 0.29) is 11.9 Å². The highest BCUT2D eigenvalue weighted by molar-refractivity contribution is 6.33. The lowest BCUT2D eigenvalue weighted by Crippen LogP contribution is -2.29. The van der Waals surface area contributed by atoms with Crippen LogP contribution in [-0.2, 0) is 7.05 Å². The number of hydrogen-bond acceptors (Lipinski definition) is 4. The summed E-state index contributed by atoms with van der Waals surface area (Å²) < 4.78 is 12.0. The van der Waals surface area contributed by atoms with Crippen molar-refractivity contribution in [3.63, 3.8) is 0 Å². The van der Waals surface area contributed by atoms with E-state index in [9.17, 15) is 4.79 Å². The van der Waals surface area contributed by atoms with Crippen LogP contribution in [0.3, 0.4) is 0 Å². The molecule has 0 saturated carbocycles. The van der Waals surface area contributed by atoms with Gasteiger partial charge < -0.3 is 14.8 Å². The van der Waals surface area contributed by atoms with E-state index in [0.29, 0.717) is 22.2 Å². The Labute approximate surface area is 134 Å². The molecule has 7 heteroatoms. The number of aromatic nitrogens is 2. The molecule has 6 nitrogen and oxygen atoms in total. The van der Waals surface area contributed by atoms with Crippen molar-refractivity contribution in [1.29, 1.82) is 0 Å². The van der Waals surface area contributed by atoms with Crippen LogP contribution < -0.4 is 14.8 Å². The van der Waals surface area contributed by atoms with Crippen LogP contribution in [0.5, 0.6) is 11.5 Å². The molecule has 0 fully saturated rings. The van der Waals surface area contributed by atoms with Gasteiger partial charge in [0.05, 0.1) is 31.5 Å². The second-order valence-electron chi connectivity index (χ2n) is 4.77. The molecular weight excluding hydrogens is 306 g/mol. The van der Waals surface area contributed by atoms with Crippen molar-refractivity contribution >= 4 is 17.5 Å². The second-order valence-corrected chi connectivity index (χ2v) is 5.17. The van der Waals surface area contributed by atoms with Crippen molar-refractivity contribution in [2.45, 2.75) is 13.0 Å². The smallest absolute Gasteiger partial charge is 0.271 e. The van der Waals surface area contributed by atoms with Gasteiger partial charge in [-0.3, -0.25) is 9.48 Å². The third kappa shape index (κ3) is 3.17. The largest absolute Gasteiger partial charge is 0.497 e. The number of carbonyl (C=O) groups excluding carboxylic acids is 1. The Bertz CT molecular complexity index is 665. The van der Waals surface area contributed by atoms with E-state index in [1.807, 2.05) is 13.0 Å². The number of halogens is 1. The summed E-state index contributed by atoms with van der Waals surface area (Å²) in [5.41, 5.74) is 1.13. The number of rotatable bonds is 5. The van der Waals surface area contributed by atoms with Crippen LogP contribution in [0, 0.1) is 0 Å². The van der Waals surface area contributed by atoms with E-state index < -0.39 is 0 Å². The highest BCUT2D eigenvalue weighted by atomic mass is 35.5. The van der Waals surface area contributed by atoms with Gasteiger partial charge >= 0.3 is 0 Å². The molecule has 0 aliphatic heterocycles. The van der Waals surface area contributed by atoms with E-state index in [2.05, 4.69) is 10.4 Å². The molecule has 22 heavy (non-hydrogen) atoms. The van der Waals surface area contributed by atoms with Crippen LogP contribution in [0.15, 0.2) is 24.4 Å². The molecule has 0 spiro atoms. The zero-order valence-electron chi connectivity index (χ0n) is 12.9. The van der Waals surface area contributed by atoms with Gasteiger partial charge in [-0.15, -0.1) is 0 Å². The molecule has 1 unspecified atom stereocenters. The van der Waals surface area contributed by atoms with Gasteiger partial charge in [0.25, 0.3) is 5.91 Å². The highest BCUT2D eigenvalue weighted by Gasteiger charge is 2.20. The van der Waals surface area contributed by atoms with Crippen LogP contribution in [-0.4, -0.2) is 29.9 Å². The zero-order chi connectivity index (χ0) is 16.3. The Morgan fingerprint density at radius 3 is 2.64 bits per heavy atom. The van der Waals surface area contributed by atoms with Crippen LogP contribution in [0.25, 0.3) is 0 Å². The molecule has 0 aliphatic rings. The number of benzene rings is 1. The van der Waals surface area contributed by atoms with Crippen LogP contribution in [0.2, 0.25) is 5.02 Å². The summed E-state index contributed by atoms with van der Waals surface area (Å²) in [6, 6.07) is 5.14. The molecule has 118 valence electrons. The molecule has 0 saturated heterocycles. The lowest BCUT2D eigenvalue weighted by Gasteiger charge is -2.18. The van der Waals surface area contributed by atoms with Crippen molar-refractivity contribution in [1.82, 2.24) is 15.1 Å². The fourth-order valence-electron chi connectivity index (χ4n) is 2.19. The van der Waals surface area contributed by atoms with Crippen molar-refractivity contribution in [3.05, 3.63) is 40.7 Å². The molecule has 0 bridgehead atoms. The average Bonchev–Trinajstić information content (AvgIpc) is 2.85. The lowest BCUT2D eigenvalue weighted by molar-refractivity contribution is 0.0930. The topological polar surface area (TPSA) is 65.4 Å². The third-order valence-electron chi connectivity index (χ3n) is 3.36. The fraction of sp³-hybridized carbons (Fsp3) is 0.333. The van der Waals surface area contributed by atoms with Crippen LogP contribution >= 0.6 is 11.6 Å². The Morgan fingerprint density at radius 1 is 1.36 bits per heavy atom. The normalized spacial score (nSPS) is 11.9. The van der Waals surface area contributed by atoms with Crippen molar-refractivity contribution in [2.24, 2.45) is 7.05 Å². The van der Waals surface area contributed by atoms with Crippen molar-refractivity contribution < 1.29 is 14.3 Å². The van der Waals surface area contributed by atoms with Gasteiger partial charge in [0.1, 0.15) is 17.2 Å². The summed E-state index contributed by atoms with van der Waals surface area (Å²) in [4.78, 5) is 12.4. The quantitative estimate of drug-likeness (QED) is 0.918. The zero-order valence-corrected chi connectivity index (χ0v) is 13.6. The van der Waals surface area contributed by atoms with E-state index in [1.165, 1.54) is 10.9 Å². The van der Waals surface area contributed by atoms with Gasteiger partial charge in [-0.05, 0) is 25.1 Å². The first-order chi connectivity index (χ1) is 10.5. The number of carbonyl (C=O) groups is 1. The summed E-state index contributed by atoms with van der Waals surface area (Å²) in [5, 5.41) is 7.15. The molecule has 1 heterocycles. The predicted molar refractivity (Wildman–Crippen MR) is 83.6 cm³/mol. The molecule has 1 N–H and O–H groups in total. The highest BCUT2D eigenvalue weighted by Crippen LogP contribution is 2.29. The lowest BCUT2D eigenvalue weighted by atomic mass is 10.1. The molecule has 0 radical (unpaired) electrons. The Morgan fingerprint density at radius 2 is 2.09 bits per heavy atom. The van der Waals surface area contributed by atoms with Gasteiger partial charge in [0.2, 0.25) is 0 Å². The SMILES string of the molecule is COc1ccc(OC)c(C(C)NC(=O)c2c(Cl)cnn2C)c1. The van der Waals surface area contributed by atoms with Gasteiger partial charge in [-0.25, -0.2) is 0 Å². The Kier molecular flexibility index (Phi) is 4.92. The summed E-state index contributed by atoms with van der Waals surface area (Å²) in [6.07, 6.45) is 1.44. The van der Waals surface area contributed by atoms with E-state index in [1.54, 1.807) is 33.4 Å². The third-order valence-corrected chi connectivity index (χ3v) is 3.64. The molecule has 2 aromatic rings. The summed E-state index contributed by atoms with van der Waals surface area (Å²) in [7, 11) is 4.83. The van der Waals surface area contributed by atoms with Gasteiger partial charge in [0.15, 0.2) is 0 Å². The van der Waals surface area contributed by atoms with Crippen LogP contribution in [0.4, 0.5) is 0 Å². The van der Waals surface area contributed by atoms with E-state index >= 15 is 0 Å². The van der Waals surface area contributed by atoms with Gasteiger partial charge in [0, 0.05) is 12.6 Å². The maximum Gasteiger partial charge on any atom is 0.271 e. The number of nitrogens with zero attached hydrogens (tertiary/aromatic N) is 2. The minimum Gasteiger partial charge on any atom is -0.497 e. The number of ether oxygens (including phenoxy) is 2. The van der Waals surface area contributed by atoms with Gasteiger partial charge in [-0.2, -0.15) is 5.10 Å². The van der Waals surface area contributed by atoms with Crippen LogP contribution in [0.1, 0.15) is 29.0 Å². The molecule has 1 atom stereocenters.